The third-order valence-corrected chi connectivity index (χ3v) is 4.08. The summed E-state index contributed by atoms with van der Waals surface area (Å²) in [5, 5.41) is 2.51. The second-order valence-electron chi connectivity index (χ2n) is 4.52. The highest BCUT2D eigenvalue weighted by Gasteiger charge is 2.33. The van der Waals surface area contributed by atoms with Crippen molar-refractivity contribution in [3.63, 3.8) is 0 Å². The Morgan fingerprint density at radius 3 is 2.42 bits per heavy atom. The minimum atomic E-state index is -4.41. The molecule has 0 fully saturated rings. The maximum absolute atomic E-state index is 12.7. The number of carbonyl (C=O) groups excluding carboxylic acids is 1. The molecule has 0 saturated carbocycles. The summed E-state index contributed by atoms with van der Waals surface area (Å²) in [5.74, 6) is -0.246. The van der Waals surface area contributed by atoms with E-state index in [1.807, 2.05) is 13.8 Å². The molecule has 1 rings (SSSR count). The van der Waals surface area contributed by atoms with Crippen LogP contribution in [0.4, 0.5) is 13.2 Å². The van der Waals surface area contributed by atoms with Gasteiger partial charge in [-0.25, -0.2) is 0 Å². The van der Waals surface area contributed by atoms with Gasteiger partial charge in [0.05, 0.1) is 10.4 Å². The molecule has 1 atom stereocenters. The first kappa shape index (κ1) is 16.0. The average Bonchev–Trinajstić information content (AvgIpc) is 2.34. The zero-order chi connectivity index (χ0) is 14.6. The lowest BCUT2D eigenvalue weighted by Gasteiger charge is -2.16. The molecule has 2 nitrogen and oxygen atoms in total. The van der Waals surface area contributed by atoms with Crippen molar-refractivity contribution >= 4 is 21.8 Å². The molecule has 1 unspecified atom stereocenters. The molecular formula is C13H15BrF3NO. The first-order valence-corrected chi connectivity index (χ1v) is 6.72. The molecule has 0 aliphatic carbocycles. The van der Waals surface area contributed by atoms with Gasteiger partial charge >= 0.3 is 6.18 Å². The fraction of sp³-hybridized carbons (Fsp3) is 0.462. The van der Waals surface area contributed by atoms with E-state index < -0.39 is 16.6 Å². The molecule has 1 N–H and O–H groups in total. The van der Waals surface area contributed by atoms with Crippen LogP contribution >= 0.6 is 15.9 Å². The Morgan fingerprint density at radius 1 is 1.32 bits per heavy atom. The van der Waals surface area contributed by atoms with Crippen LogP contribution in [-0.2, 0) is 17.5 Å². The summed E-state index contributed by atoms with van der Waals surface area (Å²) in [4.78, 5) is 11.3. The second kappa shape index (κ2) is 6.41. The largest absolute Gasteiger partial charge is 0.416 e. The Morgan fingerprint density at radius 2 is 1.89 bits per heavy atom. The summed E-state index contributed by atoms with van der Waals surface area (Å²) in [6.07, 6.45) is -4.41. The molecule has 0 aliphatic rings. The predicted molar refractivity (Wildman–Crippen MR) is 70.8 cm³/mol. The first-order chi connectivity index (χ1) is 8.73. The quantitative estimate of drug-likeness (QED) is 0.833. The van der Waals surface area contributed by atoms with Gasteiger partial charge in [-0.1, -0.05) is 48.0 Å². The molecule has 106 valence electrons. The highest BCUT2D eigenvalue weighted by Crippen LogP contribution is 2.31. The van der Waals surface area contributed by atoms with Crippen LogP contribution in [-0.4, -0.2) is 10.7 Å². The summed E-state index contributed by atoms with van der Waals surface area (Å²) in [7, 11) is 0. The highest BCUT2D eigenvalue weighted by molar-refractivity contribution is 9.10. The van der Waals surface area contributed by atoms with Crippen LogP contribution in [0.15, 0.2) is 24.3 Å². The van der Waals surface area contributed by atoms with Crippen LogP contribution in [0.25, 0.3) is 0 Å². The van der Waals surface area contributed by atoms with E-state index in [-0.39, 0.29) is 23.9 Å². The van der Waals surface area contributed by atoms with Crippen molar-refractivity contribution < 1.29 is 18.0 Å². The Hall–Kier alpha value is -1.04. The smallest absolute Gasteiger partial charge is 0.351 e. The number of amides is 1. The normalized spacial score (nSPS) is 13.4. The van der Waals surface area contributed by atoms with E-state index in [4.69, 9.17) is 0 Å². The Labute approximate surface area is 118 Å². The Balaban J connectivity index is 2.77. The maximum atomic E-state index is 12.7. The Bertz CT molecular complexity index is 446. The minimum absolute atomic E-state index is 0.0619. The molecule has 19 heavy (non-hydrogen) atoms. The number of rotatable bonds is 4. The molecule has 0 aliphatic heterocycles. The zero-order valence-corrected chi connectivity index (χ0v) is 12.2. The predicted octanol–water partition coefficient (Wildman–Crippen LogP) is 3.74. The van der Waals surface area contributed by atoms with E-state index in [1.165, 1.54) is 18.2 Å². The maximum Gasteiger partial charge on any atom is 0.416 e. The number of carbonyl (C=O) groups is 1. The third-order valence-electron chi connectivity index (χ3n) is 2.61. The molecule has 6 heteroatoms. The Kier molecular flexibility index (Phi) is 5.40. The van der Waals surface area contributed by atoms with Crippen molar-refractivity contribution in [3.05, 3.63) is 35.4 Å². The van der Waals surface area contributed by atoms with Crippen molar-refractivity contribution in [1.29, 1.82) is 0 Å². The number of alkyl halides is 4. The fourth-order valence-electron chi connectivity index (χ4n) is 1.53. The van der Waals surface area contributed by atoms with Gasteiger partial charge in [-0.15, -0.1) is 0 Å². The molecule has 0 spiro atoms. The number of nitrogens with one attached hydrogen (secondary N) is 1. The van der Waals surface area contributed by atoms with Crippen LogP contribution in [0.1, 0.15) is 25.0 Å². The van der Waals surface area contributed by atoms with Gasteiger partial charge in [-0.3, -0.25) is 4.79 Å². The van der Waals surface area contributed by atoms with Gasteiger partial charge in [0.25, 0.3) is 0 Å². The highest BCUT2D eigenvalue weighted by atomic mass is 79.9. The molecule has 0 heterocycles. The molecule has 1 amide bonds. The van der Waals surface area contributed by atoms with Gasteiger partial charge < -0.3 is 5.32 Å². The summed E-state index contributed by atoms with van der Waals surface area (Å²) in [6, 6.07) is 5.22. The molecule has 0 radical (unpaired) electrons. The number of benzene rings is 1. The topological polar surface area (TPSA) is 29.1 Å². The molecule has 0 saturated heterocycles. The van der Waals surface area contributed by atoms with Gasteiger partial charge in [0.1, 0.15) is 0 Å². The van der Waals surface area contributed by atoms with Crippen LogP contribution in [0.2, 0.25) is 0 Å². The van der Waals surface area contributed by atoms with Crippen molar-refractivity contribution in [2.24, 2.45) is 5.92 Å². The molecule has 1 aromatic rings. The van der Waals surface area contributed by atoms with E-state index in [2.05, 4.69) is 21.2 Å². The van der Waals surface area contributed by atoms with Crippen molar-refractivity contribution in [2.75, 3.05) is 0 Å². The summed E-state index contributed by atoms with van der Waals surface area (Å²) >= 11 is 3.20. The summed E-state index contributed by atoms with van der Waals surface area (Å²) < 4.78 is 38.2. The van der Waals surface area contributed by atoms with Crippen molar-refractivity contribution in [3.8, 4) is 0 Å². The van der Waals surface area contributed by atoms with E-state index in [9.17, 15) is 18.0 Å². The minimum Gasteiger partial charge on any atom is -0.351 e. The van der Waals surface area contributed by atoms with Crippen LogP contribution < -0.4 is 5.32 Å². The number of hydrogen-bond acceptors (Lipinski definition) is 1. The third kappa shape index (κ3) is 4.53. The number of hydrogen-bond donors (Lipinski definition) is 1. The molecule has 1 aromatic carbocycles. The monoisotopic (exact) mass is 337 g/mol. The number of halogens is 4. The second-order valence-corrected chi connectivity index (χ2v) is 5.50. The lowest BCUT2D eigenvalue weighted by Crippen LogP contribution is -2.34. The van der Waals surface area contributed by atoms with Crippen LogP contribution in [0.3, 0.4) is 0 Å². The van der Waals surface area contributed by atoms with E-state index >= 15 is 0 Å². The van der Waals surface area contributed by atoms with E-state index in [0.29, 0.717) is 0 Å². The summed E-state index contributed by atoms with van der Waals surface area (Å²) in [5.41, 5.74) is -0.655. The van der Waals surface area contributed by atoms with Gasteiger partial charge in [0.2, 0.25) is 5.91 Å². The SMILES string of the molecule is CC(C)C(Br)C(=O)NCc1ccccc1C(F)(F)F. The van der Waals surface area contributed by atoms with Gasteiger partial charge in [0, 0.05) is 6.54 Å². The average molecular weight is 338 g/mol. The fourth-order valence-corrected chi connectivity index (χ4v) is 1.70. The zero-order valence-electron chi connectivity index (χ0n) is 10.6. The van der Waals surface area contributed by atoms with Gasteiger partial charge in [-0.05, 0) is 17.5 Å². The molecule has 0 bridgehead atoms. The summed E-state index contributed by atoms with van der Waals surface area (Å²) in [6.45, 7) is 3.56. The molecular weight excluding hydrogens is 323 g/mol. The standard InChI is InChI=1S/C13H15BrF3NO/c1-8(2)11(14)12(19)18-7-9-5-3-4-6-10(9)13(15,16)17/h3-6,8,11H,7H2,1-2H3,(H,18,19). The van der Waals surface area contributed by atoms with Crippen LogP contribution in [0.5, 0.6) is 0 Å². The van der Waals surface area contributed by atoms with Gasteiger partial charge in [0.15, 0.2) is 0 Å². The van der Waals surface area contributed by atoms with Crippen LogP contribution in [0, 0.1) is 5.92 Å². The van der Waals surface area contributed by atoms with Gasteiger partial charge in [-0.2, -0.15) is 13.2 Å². The lowest BCUT2D eigenvalue weighted by atomic mass is 10.1. The van der Waals surface area contributed by atoms with E-state index in [0.717, 1.165) is 6.07 Å². The lowest BCUT2D eigenvalue weighted by molar-refractivity contribution is -0.138. The van der Waals surface area contributed by atoms with Crippen molar-refractivity contribution in [1.82, 2.24) is 5.32 Å². The molecule has 0 aromatic heterocycles. The van der Waals surface area contributed by atoms with E-state index in [1.54, 1.807) is 0 Å². The first-order valence-electron chi connectivity index (χ1n) is 5.80. The van der Waals surface area contributed by atoms with Crippen molar-refractivity contribution in [2.45, 2.75) is 31.4 Å².